The summed E-state index contributed by atoms with van der Waals surface area (Å²) in [5.74, 6) is 2.26. The second kappa shape index (κ2) is 5.36. The Bertz CT molecular complexity index is 657. The molecule has 2 fully saturated rings. The Morgan fingerprint density at radius 1 is 1.29 bits per heavy atom. The number of halogens is 1. The Hall–Kier alpha value is -0.930. The van der Waals surface area contributed by atoms with Crippen molar-refractivity contribution in [1.82, 2.24) is 24.6 Å². The van der Waals surface area contributed by atoms with Crippen molar-refractivity contribution < 1.29 is 0 Å². The minimum atomic E-state index is 0.544. The lowest BCUT2D eigenvalue weighted by molar-refractivity contribution is 0.0927. The van der Waals surface area contributed by atoms with E-state index in [1.54, 1.807) is 6.20 Å². The number of hydrogen-bond acceptors (Lipinski definition) is 5. The molecule has 112 valence electrons. The molecule has 1 saturated heterocycles. The summed E-state index contributed by atoms with van der Waals surface area (Å²) >= 11 is 2.26. The van der Waals surface area contributed by atoms with E-state index in [1.165, 1.54) is 25.9 Å². The largest absolute Gasteiger partial charge is 0.382 e. The quantitative estimate of drug-likeness (QED) is 0.741. The molecule has 21 heavy (non-hydrogen) atoms. The minimum Gasteiger partial charge on any atom is -0.382 e. The molecule has 3 heterocycles. The van der Waals surface area contributed by atoms with Crippen molar-refractivity contribution >= 4 is 33.9 Å². The highest BCUT2D eigenvalue weighted by atomic mass is 127. The molecule has 0 aromatic carbocycles. The standard InChI is InChI=1S/C14H19IN6/c15-12-11-13(16)18-3-6-21(11)14(19-12)9-7-10(8-9)20-4-1-17-2-5-20/h3,6,9-10,17H,1-2,4-5,7-8H2,(H2,16,18). The fraction of sp³-hybridized carbons (Fsp3) is 0.571. The summed E-state index contributed by atoms with van der Waals surface area (Å²) in [6, 6.07) is 0.723. The van der Waals surface area contributed by atoms with Crippen LogP contribution in [0.1, 0.15) is 24.6 Å². The molecular formula is C14H19IN6. The van der Waals surface area contributed by atoms with Gasteiger partial charge in [-0.15, -0.1) is 0 Å². The maximum atomic E-state index is 5.98. The topological polar surface area (TPSA) is 71.5 Å². The highest BCUT2D eigenvalue weighted by molar-refractivity contribution is 14.1. The van der Waals surface area contributed by atoms with E-state index < -0.39 is 0 Å². The summed E-state index contributed by atoms with van der Waals surface area (Å²) in [6.45, 7) is 4.59. The fourth-order valence-electron chi connectivity index (χ4n) is 3.47. The number of rotatable bonds is 2. The average Bonchev–Trinajstić information content (AvgIpc) is 2.77. The minimum absolute atomic E-state index is 0.544. The number of aromatic nitrogens is 3. The predicted octanol–water partition coefficient (Wildman–Crippen LogP) is 1.07. The summed E-state index contributed by atoms with van der Waals surface area (Å²) < 4.78 is 3.08. The Kier molecular flexibility index (Phi) is 3.50. The molecule has 3 N–H and O–H groups in total. The van der Waals surface area contributed by atoms with Gasteiger partial charge in [0.1, 0.15) is 15.0 Å². The van der Waals surface area contributed by atoms with Gasteiger partial charge in [0, 0.05) is 50.5 Å². The van der Waals surface area contributed by atoms with Gasteiger partial charge in [0.25, 0.3) is 0 Å². The second-order valence-electron chi connectivity index (χ2n) is 5.90. The van der Waals surface area contributed by atoms with E-state index >= 15 is 0 Å². The molecule has 2 aliphatic rings. The predicted molar refractivity (Wildman–Crippen MR) is 90.3 cm³/mol. The van der Waals surface area contributed by atoms with E-state index in [0.717, 1.165) is 34.2 Å². The van der Waals surface area contributed by atoms with Crippen molar-refractivity contribution in [2.75, 3.05) is 31.9 Å². The van der Waals surface area contributed by atoms with Crippen LogP contribution in [0.15, 0.2) is 12.4 Å². The van der Waals surface area contributed by atoms with E-state index in [1.807, 2.05) is 6.20 Å². The number of imidazole rings is 1. The normalized spacial score (nSPS) is 26.9. The molecule has 0 amide bonds. The van der Waals surface area contributed by atoms with E-state index in [2.05, 4.69) is 42.2 Å². The number of nitrogens with zero attached hydrogens (tertiary/aromatic N) is 4. The van der Waals surface area contributed by atoms with E-state index in [4.69, 9.17) is 10.7 Å². The highest BCUT2D eigenvalue weighted by Crippen LogP contribution is 2.40. The number of nitrogens with one attached hydrogen (secondary N) is 1. The van der Waals surface area contributed by atoms with Gasteiger partial charge in [0.2, 0.25) is 0 Å². The second-order valence-corrected chi connectivity index (χ2v) is 6.92. The average molecular weight is 398 g/mol. The smallest absolute Gasteiger partial charge is 0.150 e. The van der Waals surface area contributed by atoms with Crippen LogP contribution in [0.4, 0.5) is 5.82 Å². The Morgan fingerprint density at radius 3 is 2.81 bits per heavy atom. The molecule has 1 aliphatic carbocycles. The first kappa shape index (κ1) is 13.7. The third kappa shape index (κ3) is 2.31. The van der Waals surface area contributed by atoms with Gasteiger partial charge in [0.15, 0.2) is 5.82 Å². The van der Waals surface area contributed by atoms with Crippen LogP contribution in [0, 0.1) is 3.70 Å². The maximum Gasteiger partial charge on any atom is 0.150 e. The van der Waals surface area contributed by atoms with Gasteiger partial charge in [-0.3, -0.25) is 9.30 Å². The first-order chi connectivity index (χ1) is 10.2. The third-order valence-electron chi connectivity index (χ3n) is 4.71. The van der Waals surface area contributed by atoms with Crippen molar-refractivity contribution in [2.24, 2.45) is 0 Å². The number of hydrogen-bond donors (Lipinski definition) is 2. The molecule has 2 aromatic rings. The van der Waals surface area contributed by atoms with E-state index in [0.29, 0.717) is 11.7 Å². The van der Waals surface area contributed by atoms with Crippen LogP contribution >= 0.6 is 22.6 Å². The third-order valence-corrected chi connectivity index (χ3v) is 5.47. The number of nitrogen functional groups attached to an aromatic ring is 1. The van der Waals surface area contributed by atoms with Crippen LogP contribution in [0.25, 0.3) is 5.52 Å². The molecule has 4 rings (SSSR count). The first-order valence-electron chi connectivity index (χ1n) is 7.46. The van der Waals surface area contributed by atoms with Crippen molar-refractivity contribution in [2.45, 2.75) is 24.8 Å². The molecule has 6 nitrogen and oxygen atoms in total. The van der Waals surface area contributed by atoms with Crippen LogP contribution < -0.4 is 11.1 Å². The lowest BCUT2D eigenvalue weighted by Gasteiger charge is -2.44. The fourth-order valence-corrected chi connectivity index (χ4v) is 4.26. The Balaban J connectivity index is 1.55. The summed E-state index contributed by atoms with van der Waals surface area (Å²) in [6.07, 6.45) is 6.15. The number of nitrogens with two attached hydrogens (primary N) is 1. The molecule has 0 atom stereocenters. The number of anilines is 1. The highest BCUT2D eigenvalue weighted by Gasteiger charge is 2.37. The van der Waals surface area contributed by atoms with E-state index in [9.17, 15) is 0 Å². The summed E-state index contributed by atoms with van der Waals surface area (Å²) in [5, 5.41) is 3.41. The van der Waals surface area contributed by atoms with Crippen molar-refractivity contribution in [3.05, 3.63) is 21.9 Å². The summed E-state index contributed by atoms with van der Waals surface area (Å²) in [5.41, 5.74) is 6.94. The zero-order valence-electron chi connectivity index (χ0n) is 11.8. The molecule has 0 bridgehead atoms. The van der Waals surface area contributed by atoms with Crippen LogP contribution in [-0.2, 0) is 0 Å². The lowest BCUT2D eigenvalue weighted by Crippen LogP contribution is -2.52. The maximum absolute atomic E-state index is 5.98. The van der Waals surface area contributed by atoms with Gasteiger partial charge in [-0.05, 0) is 35.4 Å². The number of fused-ring (bicyclic) bond motifs is 1. The Morgan fingerprint density at radius 2 is 2.05 bits per heavy atom. The van der Waals surface area contributed by atoms with Gasteiger partial charge < -0.3 is 11.1 Å². The van der Waals surface area contributed by atoms with Gasteiger partial charge in [-0.1, -0.05) is 0 Å². The molecule has 1 saturated carbocycles. The first-order valence-corrected chi connectivity index (χ1v) is 8.54. The van der Waals surface area contributed by atoms with Gasteiger partial charge >= 0.3 is 0 Å². The summed E-state index contributed by atoms with van der Waals surface area (Å²) in [4.78, 5) is 11.5. The molecule has 2 aromatic heterocycles. The monoisotopic (exact) mass is 398 g/mol. The molecule has 0 radical (unpaired) electrons. The van der Waals surface area contributed by atoms with Crippen LogP contribution in [0.2, 0.25) is 0 Å². The molecule has 1 aliphatic heterocycles. The van der Waals surface area contributed by atoms with Crippen LogP contribution in [0.5, 0.6) is 0 Å². The van der Waals surface area contributed by atoms with Gasteiger partial charge in [0.05, 0.1) is 0 Å². The summed E-state index contributed by atoms with van der Waals surface area (Å²) in [7, 11) is 0. The molecular weight excluding hydrogens is 379 g/mol. The molecule has 0 spiro atoms. The van der Waals surface area contributed by atoms with Gasteiger partial charge in [-0.25, -0.2) is 9.97 Å². The van der Waals surface area contributed by atoms with Crippen LogP contribution in [0.3, 0.4) is 0 Å². The number of piperazine rings is 1. The zero-order chi connectivity index (χ0) is 14.4. The lowest BCUT2D eigenvalue weighted by atomic mass is 9.78. The van der Waals surface area contributed by atoms with Crippen molar-refractivity contribution in [3.63, 3.8) is 0 Å². The van der Waals surface area contributed by atoms with Crippen molar-refractivity contribution in [1.29, 1.82) is 0 Å². The zero-order valence-corrected chi connectivity index (χ0v) is 14.0. The van der Waals surface area contributed by atoms with Gasteiger partial charge in [-0.2, -0.15) is 0 Å². The van der Waals surface area contributed by atoms with Crippen LogP contribution in [-0.4, -0.2) is 51.5 Å². The SMILES string of the molecule is Nc1nccn2c(C3CC(N4CCNCC4)C3)nc(I)c12. The van der Waals surface area contributed by atoms with Crippen molar-refractivity contribution in [3.8, 4) is 0 Å². The molecule has 7 heteroatoms. The Labute approximate surface area is 137 Å². The van der Waals surface area contributed by atoms with E-state index in [-0.39, 0.29) is 0 Å². The molecule has 0 unspecified atom stereocenters.